The van der Waals surface area contributed by atoms with Crippen molar-refractivity contribution < 1.29 is 0 Å². The summed E-state index contributed by atoms with van der Waals surface area (Å²) in [5, 5.41) is 8.50. The van der Waals surface area contributed by atoms with Gasteiger partial charge >= 0.3 is 0 Å². The molecule has 0 N–H and O–H groups in total. The standard InChI is InChI=1S/C9H5N/c1-2-8-5-3-4-6-9(8)7-10/h1,3-6H. The average Bonchev–Trinajstić information content (AvgIpc) is 2.04. The van der Waals surface area contributed by atoms with Crippen LogP contribution < -0.4 is 0 Å². The monoisotopic (exact) mass is 127 g/mol. The van der Waals surface area contributed by atoms with E-state index >= 15 is 0 Å². The van der Waals surface area contributed by atoms with Crippen LogP contribution in [0.4, 0.5) is 0 Å². The van der Waals surface area contributed by atoms with Crippen molar-refractivity contribution >= 4 is 0 Å². The predicted molar refractivity (Wildman–Crippen MR) is 39.1 cm³/mol. The van der Waals surface area contributed by atoms with E-state index in [1.54, 1.807) is 18.2 Å². The summed E-state index contributed by atoms with van der Waals surface area (Å²) in [6.07, 6.45) is 5.13. The molecule has 0 bridgehead atoms. The van der Waals surface area contributed by atoms with Crippen molar-refractivity contribution in [2.45, 2.75) is 0 Å². The maximum atomic E-state index is 8.50. The summed E-state index contributed by atoms with van der Waals surface area (Å²) in [5.41, 5.74) is 1.22. The summed E-state index contributed by atoms with van der Waals surface area (Å²) in [6, 6.07) is 9.06. The number of benzene rings is 1. The highest BCUT2D eigenvalue weighted by molar-refractivity contribution is 5.46. The van der Waals surface area contributed by atoms with Crippen molar-refractivity contribution in [2.24, 2.45) is 0 Å². The lowest BCUT2D eigenvalue weighted by atomic mass is 10.1. The van der Waals surface area contributed by atoms with Crippen LogP contribution in [-0.2, 0) is 0 Å². The first-order valence-electron chi connectivity index (χ1n) is 2.84. The zero-order valence-corrected chi connectivity index (χ0v) is 5.33. The number of hydrogen-bond acceptors (Lipinski definition) is 1. The lowest BCUT2D eigenvalue weighted by Gasteiger charge is -1.90. The van der Waals surface area contributed by atoms with Crippen LogP contribution in [-0.4, -0.2) is 0 Å². The summed E-state index contributed by atoms with van der Waals surface area (Å²) >= 11 is 0. The first-order valence-corrected chi connectivity index (χ1v) is 2.84. The van der Waals surface area contributed by atoms with Crippen LogP contribution in [0.1, 0.15) is 11.1 Å². The van der Waals surface area contributed by atoms with Gasteiger partial charge in [0.25, 0.3) is 0 Å². The number of nitriles is 1. The Morgan fingerprint density at radius 1 is 1.20 bits per heavy atom. The topological polar surface area (TPSA) is 23.8 Å². The van der Waals surface area contributed by atoms with E-state index in [0.717, 1.165) is 0 Å². The normalized spacial score (nSPS) is 7.80. The van der Waals surface area contributed by atoms with E-state index in [9.17, 15) is 0 Å². The number of rotatable bonds is 0. The van der Waals surface area contributed by atoms with Gasteiger partial charge in [-0.3, -0.25) is 0 Å². The maximum absolute atomic E-state index is 8.50. The van der Waals surface area contributed by atoms with Gasteiger partial charge in [0.2, 0.25) is 0 Å². The molecule has 10 heavy (non-hydrogen) atoms. The minimum absolute atomic E-state index is 0.560. The van der Waals surface area contributed by atoms with E-state index < -0.39 is 0 Å². The Kier molecular flexibility index (Phi) is 1.73. The van der Waals surface area contributed by atoms with Gasteiger partial charge in [-0.2, -0.15) is 5.26 Å². The van der Waals surface area contributed by atoms with E-state index in [2.05, 4.69) is 5.92 Å². The van der Waals surface area contributed by atoms with E-state index in [-0.39, 0.29) is 0 Å². The number of terminal acetylenes is 1. The second-order valence-corrected chi connectivity index (χ2v) is 1.80. The highest BCUT2D eigenvalue weighted by Crippen LogP contribution is 2.03. The van der Waals surface area contributed by atoms with Crippen LogP contribution in [0.15, 0.2) is 24.3 Å². The molecule has 0 saturated heterocycles. The Balaban J connectivity index is 3.28. The Morgan fingerprint density at radius 2 is 1.80 bits per heavy atom. The first kappa shape index (κ1) is 6.39. The predicted octanol–water partition coefficient (Wildman–Crippen LogP) is 1.54. The van der Waals surface area contributed by atoms with Crippen LogP contribution in [0.2, 0.25) is 0 Å². The molecule has 0 radical (unpaired) electrons. The molecule has 1 nitrogen and oxygen atoms in total. The third kappa shape index (κ3) is 0.989. The molecule has 0 aliphatic rings. The summed E-state index contributed by atoms with van der Waals surface area (Å²) in [5.74, 6) is 2.42. The molecule has 46 valence electrons. The molecule has 0 amide bonds. The van der Waals surface area contributed by atoms with Gasteiger partial charge in [-0.05, 0) is 12.1 Å². The van der Waals surface area contributed by atoms with Gasteiger partial charge in [-0.1, -0.05) is 18.1 Å². The van der Waals surface area contributed by atoms with Gasteiger partial charge in [0.05, 0.1) is 5.56 Å². The van der Waals surface area contributed by atoms with Crippen LogP contribution in [0.5, 0.6) is 0 Å². The Hall–Kier alpha value is -1.73. The second kappa shape index (κ2) is 2.71. The first-order chi connectivity index (χ1) is 4.88. The van der Waals surface area contributed by atoms with Crippen molar-refractivity contribution in [3.05, 3.63) is 35.4 Å². The zero-order valence-electron chi connectivity index (χ0n) is 5.33. The maximum Gasteiger partial charge on any atom is 0.100 e. The fourth-order valence-corrected chi connectivity index (χ4v) is 0.706. The molecular weight excluding hydrogens is 122 g/mol. The average molecular weight is 127 g/mol. The molecule has 0 atom stereocenters. The molecule has 1 heteroatoms. The van der Waals surface area contributed by atoms with Gasteiger partial charge < -0.3 is 0 Å². The molecule has 0 unspecified atom stereocenters. The van der Waals surface area contributed by atoms with E-state index in [0.29, 0.717) is 11.1 Å². The van der Waals surface area contributed by atoms with Crippen molar-refractivity contribution in [2.75, 3.05) is 0 Å². The molecule has 1 aromatic carbocycles. The minimum atomic E-state index is 0.560. The van der Waals surface area contributed by atoms with Crippen LogP contribution in [0.25, 0.3) is 0 Å². The molecule has 0 fully saturated rings. The molecule has 0 aliphatic carbocycles. The Labute approximate surface area is 59.9 Å². The summed E-state index contributed by atoms with van der Waals surface area (Å²) in [7, 11) is 0. The number of nitrogens with zero attached hydrogens (tertiary/aromatic N) is 1. The van der Waals surface area contributed by atoms with Gasteiger partial charge in [-0.15, -0.1) is 6.42 Å². The highest BCUT2D eigenvalue weighted by Gasteiger charge is 1.93. The SMILES string of the molecule is C#Cc1ccccc1C#N. The molecule has 0 spiro atoms. The molecule has 1 rings (SSSR count). The van der Waals surface area contributed by atoms with Crippen molar-refractivity contribution in [3.63, 3.8) is 0 Å². The van der Waals surface area contributed by atoms with E-state index in [4.69, 9.17) is 11.7 Å². The number of hydrogen-bond donors (Lipinski definition) is 0. The Morgan fingerprint density at radius 3 is 2.20 bits per heavy atom. The fraction of sp³-hybridized carbons (Fsp3) is 0. The second-order valence-electron chi connectivity index (χ2n) is 1.80. The molecule has 0 heterocycles. The van der Waals surface area contributed by atoms with Gasteiger partial charge in [0.1, 0.15) is 6.07 Å². The minimum Gasteiger partial charge on any atom is -0.192 e. The molecular formula is C9H5N. The van der Waals surface area contributed by atoms with Crippen LogP contribution >= 0.6 is 0 Å². The zero-order chi connectivity index (χ0) is 7.40. The lowest BCUT2D eigenvalue weighted by molar-refractivity contribution is 1.47. The van der Waals surface area contributed by atoms with Crippen LogP contribution in [0.3, 0.4) is 0 Å². The molecule has 1 aromatic rings. The summed E-state index contributed by atoms with van der Waals surface area (Å²) in [6.45, 7) is 0. The quantitative estimate of drug-likeness (QED) is 0.485. The lowest BCUT2D eigenvalue weighted by Crippen LogP contribution is -1.79. The Bertz CT molecular complexity index is 279. The summed E-state index contributed by atoms with van der Waals surface area (Å²) < 4.78 is 0. The van der Waals surface area contributed by atoms with Crippen molar-refractivity contribution in [3.8, 4) is 18.4 Å². The van der Waals surface area contributed by atoms with Crippen molar-refractivity contribution in [1.82, 2.24) is 0 Å². The van der Waals surface area contributed by atoms with E-state index in [1.807, 2.05) is 12.1 Å². The highest BCUT2D eigenvalue weighted by atomic mass is 14.2. The third-order valence-electron chi connectivity index (χ3n) is 1.20. The largest absolute Gasteiger partial charge is 0.192 e. The van der Waals surface area contributed by atoms with Gasteiger partial charge in [0, 0.05) is 5.56 Å². The van der Waals surface area contributed by atoms with Crippen LogP contribution in [0, 0.1) is 23.7 Å². The van der Waals surface area contributed by atoms with Crippen molar-refractivity contribution in [1.29, 1.82) is 5.26 Å². The smallest absolute Gasteiger partial charge is 0.100 e. The van der Waals surface area contributed by atoms with Gasteiger partial charge in [-0.25, -0.2) is 0 Å². The molecule has 0 aromatic heterocycles. The third-order valence-corrected chi connectivity index (χ3v) is 1.20. The van der Waals surface area contributed by atoms with Gasteiger partial charge in [0.15, 0.2) is 0 Å². The molecule has 0 saturated carbocycles. The fourth-order valence-electron chi connectivity index (χ4n) is 0.706. The summed E-state index contributed by atoms with van der Waals surface area (Å²) in [4.78, 5) is 0. The van der Waals surface area contributed by atoms with E-state index in [1.165, 1.54) is 0 Å². The molecule has 0 aliphatic heterocycles.